The van der Waals surface area contributed by atoms with Crippen molar-refractivity contribution in [3.05, 3.63) is 29.1 Å². The predicted octanol–water partition coefficient (Wildman–Crippen LogP) is 3.08. The van der Waals surface area contributed by atoms with Gasteiger partial charge in [-0.2, -0.15) is 0 Å². The minimum Gasteiger partial charge on any atom is -0.422 e. The molecule has 3 aromatic rings. The lowest BCUT2D eigenvalue weighted by Gasteiger charge is -2.32. The molecule has 0 N–H and O–H groups in total. The molecule has 3 aromatic heterocycles. The van der Waals surface area contributed by atoms with Crippen LogP contribution in [0.2, 0.25) is 0 Å². The van der Waals surface area contributed by atoms with E-state index in [0.29, 0.717) is 24.9 Å². The maximum absolute atomic E-state index is 5.85. The first kappa shape index (κ1) is 15.5. The molecule has 1 aliphatic heterocycles. The highest BCUT2D eigenvalue weighted by atomic mass is 32.1. The third-order valence-electron chi connectivity index (χ3n) is 4.13. The molecule has 0 unspecified atom stereocenters. The molecule has 24 heavy (non-hydrogen) atoms. The SMILES string of the molecule is Cc1csc2ncnc(N3CCO[C@@H](c4nnc(C(C)C)o4)C3)c12. The summed E-state index contributed by atoms with van der Waals surface area (Å²) >= 11 is 1.65. The van der Waals surface area contributed by atoms with Crippen LogP contribution in [-0.2, 0) is 4.74 Å². The highest BCUT2D eigenvalue weighted by Crippen LogP contribution is 2.33. The topological polar surface area (TPSA) is 77.2 Å². The van der Waals surface area contributed by atoms with Crippen molar-refractivity contribution in [3.63, 3.8) is 0 Å². The molecule has 0 amide bonds. The molecule has 1 aliphatic rings. The van der Waals surface area contributed by atoms with Gasteiger partial charge in [-0.05, 0) is 17.9 Å². The molecule has 0 saturated carbocycles. The van der Waals surface area contributed by atoms with Gasteiger partial charge < -0.3 is 14.1 Å². The highest BCUT2D eigenvalue weighted by Gasteiger charge is 2.29. The number of anilines is 1. The van der Waals surface area contributed by atoms with E-state index in [1.165, 1.54) is 5.56 Å². The van der Waals surface area contributed by atoms with E-state index < -0.39 is 0 Å². The number of fused-ring (bicyclic) bond motifs is 1. The fourth-order valence-electron chi connectivity index (χ4n) is 2.84. The van der Waals surface area contributed by atoms with Crippen molar-refractivity contribution >= 4 is 27.4 Å². The van der Waals surface area contributed by atoms with Gasteiger partial charge in [0.1, 0.15) is 17.0 Å². The van der Waals surface area contributed by atoms with Gasteiger partial charge in [0, 0.05) is 12.5 Å². The van der Waals surface area contributed by atoms with Crippen molar-refractivity contribution < 1.29 is 9.15 Å². The van der Waals surface area contributed by atoms with Crippen LogP contribution in [0.15, 0.2) is 16.1 Å². The number of nitrogens with zero attached hydrogens (tertiary/aromatic N) is 5. The van der Waals surface area contributed by atoms with E-state index >= 15 is 0 Å². The molecule has 0 radical (unpaired) electrons. The maximum Gasteiger partial charge on any atom is 0.247 e. The number of hydrogen-bond donors (Lipinski definition) is 0. The van der Waals surface area contributed by atoms with Crippen molar-refractivity contribution in [2.24, 2.45) is 0 Å². The molecule has 0 aliphatic carbocycles. The monoisotopic (exact) mass is 345 g/mol. The molecular weight excluding hydrogens is 326 g/mol. The Labute approximate surface area is 143 Å². The van der Waals surface area contributed by atoms with E-state index in [1.807, 2.05) is 13.8 Å². The summed E-state index contributed by atoms with van der Waals surface area (Å²) in [6.45, 7) is 8.17. The number of thiophene rings is 1. The second-order valence-electron chi connectivity index (χ2n) is 6.23. The minimum atomic E-state index is -0.234. The normalized spacial score (nSPS) is 18.7. The van der Waals surface area contributed by atoms with Crippen molar-refractivity contribution in [1.29, 1.82) is 0 Å². The van der Waals surface area contributed by atoms with Crippen LogP contribution in [0.4, 0.5) is 5.82 Å². The number of morpholine rings is 1. The van der Waals surface area contributed by atoms with E-state index in [9.17, 15) is 0 Å². The average molecular weight is 345 g/mol. The molecule has 4 rings (SSSR count). The number of aryl methyl sites for hydroxylation is 1. The van der Waals surface area contributed by atoms with Gasteiger partial charge in [-0.1, -0.05) is 13.8 Å². The quantitative estimate of drug-likeness (QED) is 0.722. The predicted molar refractivity (Wildman–Crippen MR) is 91.4 cm³/mol. The molecule has 8 heteroatoms. The van der Waals surface area contributed by atoms with E-state index in [0.717, 1.165) is 22.6 Å². The van der Waals surface area contributed by atoms with Crippen LogP contribution in [0.5, 0.6) is 0 Å². The van der Waals surface area contributed by atoms with E-state index in [1.54, 1.807) is 17.7 Å². The largest absolute Gasteiger partial charge is 0.422 e. The van der Waals surface area contributed by atoms with Crippen molar-refractivity contribution in [1.82, 2.24) is 20.2 Å². The summed E-state index contributed by atoms with van der Waals surface area (Å²) in [6, 6.07) is 0. The highest BCUT2D eigenvalue weighted by molar-refractivity contribution is 7.17. The zero-order valence-electron chi connectivity index (χ0n) is 13.9. The fraction of sp³-hybridized carbons (Fsp3) is 0.500. The molecule has 126 valence electrons. The van der Waals surface area contributed by atoms with Crippen LogP contribution in [0.3, 0.4) is 0 Å². The Morgan fingerprint density at radius 3 is 2.96 bits per heavy atom. The summed E-state index contributed by atoms with van der Waals surface area (Å²) < 4.78 is 11.6. The van der Waals surface area contributed by atoms with Crippen LogP contribution in [-0.4, -0.2) is 39.9 Å². The first-order valence-corrected chi connectivity index (χ1v) is 8.90. The van der Waals surface area contributed by atoms with Gasteiger partial charge in [-0.3, -0.25) is 0 Å². The van der Waals surface area contributed by atoms with E-state index in [2.05, 4.69) is 37.4 Å². The molecule has 7 nitrogen and oxygen atoms in total. The average Bonchev–Trinajstić information content (AvgIpc) is 3.23. The van der Waals surface area contributed by atoms with Crippen LogP contribution < -0.4 is 4.90 Å². The first-order valence-electron chi connectivity index (χ1n) is 8.02. The molecule has 1 fully saturated rings. The first-order chi connectivity index (χ1) is 11.6. The Hall–Kier alpha value is -2.06. The van der Waals surface area contributed by atoms with Gasteiger partial charge >= 0.3 is 0 Å². The third kappa shape index (κ3) is 2.65. The van der Waals surface area contributed by atoms with Gasteiger partial charge in [-0.25, -0.2) is 9.97 Å². The lowest BCUT2D eigenvalue weighted by molar-refractivity contribution is 0.0212. The zero-order valence-corrected chi connectivity index (χ0v) is 14.7. The molecule has 0 aromatic carbocycles. The third-order valence-corrected chi connectivity index (χ3v) is 5.13. The number of rotatable bonds is 3. The second kappa shape index (κ2) is 6.10. The Balaban J connectivity index is 1.63. The lowest BCUT2D eigenvalue weighted by Crippen LogP contribution is -2.39. The summed E-state index contributed by atoms with van der Waals surface area (Å²) in [5, 5.41) is 11.5. The minimum absolute atomic E-state index is 0.209. The van der Waals surface area contributed by atoms with Gasteiger partial charge in [0.25, 0.3) is 0 Å². The lowest BCUT2D eigenvalue weighted by atomic mass is 10.2. The Kier molecular flexibility index (Phi) is 3.93. The van der Waals surface area contributed by atoms with Crippen molar-refractivity contribution in [2.75, 3.05) is 24.6 Å². The molecule has 1 saturated heterocycles. The van der Waals surface area contributed by atoms with Crippen LogP contribution in [0, 0.1) is 6.92 Å². The summed E-state index contributed by atoms with van der Waals surface area (Å²) in [5.41, 5.74) is 1.20. The standard InChI is InChI=1S/C16H19N5O2S/c1-9(2)14-19-20-15(23-14)11-6-21(4-5-22-11)13-12-10(3)7-24-16(12)18-8-17-13/h7-9,11H,4-6H2,1-3H3/t11-/m1/s1. The molecule has 0 bridgehead atoms. The Morgan fingerprint density at radius 1 is 1.29 bits per heavy atom. The smallest absolute Gasteiger partial charge is 0.247 e. The summed E-state index contributed by atoms with van der Waals surface area (Å²) in [4.78, 5) is 12.1. The van der Waals surface area contributed by atoms with Crippen LogP contribution in [0.1, 0.15) is 43.2 Å². The summed E-state index contributed by atoms with van der Waals surface area (Å²) in [5.74, 6) is 2.34. The van der Waals surface area contributed by atoms with Crippen molar-refractivity contribution in [2.45, 2.75) is 32.8 Å². The Morgan fingerprint density at radius 2 is 2.17 bits per heavy atom. The zero-order chi connectivity index (χ0) is 16.7. The van der Waals surface area contributed by atoms with Gasteiger partial charge in [-0.15, -0.1) is 21.5 Å². The number of ether oxygens (including phenoxy) is 1. The molecule has 0 spiro atoms. The van der Waals surface area contributed by atoms with E-state index in [-0.39, 0.29) is 12.0 Å². The van der Waals surface area contributed by atoms with E-state index in [4.69, 9.17) is 9.15 Å². The molecule has 4 heterocycles. The number of hydrogen-bond acceptors (Lipinski definition) is 8. The van der Waals surface area contributed by atoms with Crippen molar-refractivity contribution in [3.8, 4) is 0 Å². The van der Waals surface area contributed by atoms with Gasteiger partial charge in [0.2, 0.25) is 11.8 Å². The summed E-state index contributed by atoms with van der Waals surface area (Å²) in [7, 11) is 0. The number of aromatic nitrogens is 4. The summed E-state index contributed by atoms with van der Waals surface area (Å²) in [6.07, 6.45) is 1.39. The van der Waals surface area contributed by atoms with Gasteiger partial charge in [0.15, 0.2) is 6.10 Å². The fourth-order valence-corrected chi connectivity index (χ4v) is 3.72. The van der Waals surface area contributed by atoms with Crippen LogP contribution >= 0.6 is 11.3 Å². The van der Waals surface area contributed by atoms with Gasteiger partial charge in [0.05, 0.1) is 18.5 Å². The Bertz CT molecular complexity index is 859. The molecule has 1 atom stereocenters. The second-order valence-corrected chi connectivity index (χ2v) is 7.09. The molecular formula is C16H19N5O2S. The maximum atomic E-state index is 5.85. The van der Waals surface area contributed by atoms with Crippen LogP contribution in [0.25, 0.3) is 10.2 Å².